The first-order chi connectivity index (χ1) is 8.67. The standard InChI is InChI=1S/C11H15N3O3S/c1-17-11(16)8-3-2-4-14(8)10(15)7-6-18-9(5-12)13-7/h6,8H,2-5,12H2,1H3. The van der Waals surface area contributed by atoms with Gasteiger partial charge >= 0.3 is 5.97 Å². The minimum Gasteiger partial charge on any atom is -0.467 e. The second-order valence-corrected chi connectivity index (χ2v) is 4.95. The highest BCUT2D eigenvalue weighted by Gasteiger charge is 2.35. The van der Waals surface area contributed by atoms with Crippen molar-refractivity contribution in [2.45, 2.75) is 25.4 Å². The summed E-state index contributed by atoms with van der Waals surface area (Å²) in [6.07, 6.45) is 1.45. The lowest BCUT2D eigenvalue weighted by atomic mass is 10.2. The van der Waals surface area contributed by atoms with Crippen molar-refractivity contribution in [3.63, 3.8) is 0 Å². The van der Waals surface area contributed by atoms with Crippen molar-refractivity contribution in [1.29, 1.82) is 0 Å². The highest BCUT2D eigenvalue weighted by atomic mass is 32.1. The molecule has 1 aromatic heterocycles. The highest BCUT2D eigenvalue weighted by Crippen LogP contribution is 2.21. The van der Waals surface area contributed by atoms with Crippen molar-refractivity contribution in [3.05, 3.63) is 16.1 Å². The zero-order chi connectivity index (χ0) is 13.1. The average Bonchev–Trinajstić information content (AvgIpc) is 3.05. The Balaban J connectivity index is 2.15. The Morgan fingerprint density at radius 3 is 3.06 bits per heavy atom. The largest absolute Gasteiger partial charge is 0.467 e. The van der Waals surface area contributed by atoms with E-state index in [1.807, 2.05) is 0 Å². The Hall–Kier alpha value is -1.47. The molecule has 1 amide bonds. The molecule has 1 aliphatic rings. The van der Waals surface area contributed by atoms with E-state index >= 15 is 0 Å². The zero-order valence-electron chi connectivity index (χ0n) is 10.1. The van der Waals surface area contributed by atoms with Crippen LogP contribution in [0.3, 0.4) is 0 Å². The molecular formula is C11H15N3O3S. The summed E-state index contributed by atoms with van der Waals surface area (Å²) >= 11 is 1.35. The molecule has 1 aliphatic heterocycles. The van der Waals surface area contributed by atoms with E-state index in [0.29, 0.717) is 30.2 Å². The van der Waals surface area contributed by atoms with Crippen LogP contribution in [0.1, 0.15) is 28.3 Å². The number of nitrogens with two attached hydrogens (primary N) is 1. The van der Waals surface area contributed by atoms with E-state index in [1.54, 1.807) is 5.38 Å². The molecule has 6 nitrogen and oxygen atoms in total. The van der Waals surface area contributed by atoms with Crippen LogP contribution in [0.5, 0.6) is 0 Å². The second-order valence-electron chi connectivity index (χ2n) is 4.01. The molecule has 0 saturated carbocycles. The lowest BCUT2D eigenvalue weighted by molar-refractivity contribution is -0.145. The molecule has 18 heavy (non-hydrogen) atoms. The Bertz CT molecular complexity index is 460. The number of hydrogen-bond donors (Lipinski definition) is 1. The van der Waals surface area contributed by atoms with Gasteiger partial charge in [-0.25, -0.2) is 9.78 Å². The van der Waals surface area contributed by atoms with Crippen LogP contribution in [-0.2, 0) is 16.1 Å². The van der Waals surface area contributed by atoms with Gasteiger partial charge in [0.05, 0.1) is 7.11 Å². The number of rotatable bonds is 3. The average molecular weight is 269 g/mol. The molecule has 0 aromatic carbocycles. The summed E-state index contributed by atoms with van der Waals surface area (Å²) in [5.74, 6) is -0.589. The van der Waals surface area contributed by atoms with E-state index < -0.39 is 6.04 Å². The van der Waals surface area contributed by atoms with Crippen molar-refractivity contribution in [3.8, 4) is 0 Å². The van der Waals surface area contributed by atoms with Gasteiger partial charge in [0, 0.05) is 18.5 Å². The van der Waals surface area contributed by atoms with Crippen LogP contribution in [0, 0.1) is 0 Å². The Morgan fingerprint density at radius 1 is 1.67 bits per heavy atom. The maximum atomic E-state index is 12.2. The van der Waals surface area contributed by atoms with Crippen molar-refractivity contribution in [2.75, 3.05) is 13.7 Å². The monoisotopic (exact) mass is 269 g/mol. The Morgan fingerprint density at radius 2 is 2.44 bits per heavy atom. The molecule has 7 heteroatoms. The number of methoxy groups -OCH3 is 1. The summed E-state index contributed by atoms with van der Waals surface area (Å²) in [7, 11) is 1.33. The van der Waals surface area contributed by atoms with Crippen molar-refractivity contribution in [2.24, 2.45) is 5.73 Å². The van der Waals surface area contributed by atoms with Gasteiger partial charge in [-0.2, -0.15) is 0 Å². The van der Waals surface area contributed by atoms with Crippen LogP contribution >= 0.6 is 11.3 Å². The number of esters is 1. The smallest absolute Gasteiger partial charge is 0.328 e. The topological polar surface area (TPSA) is 85.5 Å². The lowest BCUT2D eigenvalue weighted by Crippen LogP contribution is -2.41. The number of likely N-dealkylation sites (tertiary alicyclic amines) is 1. The first kappa shape index (κ1) is 13.0. The van der Waals surface area contributed by atoms with Crippen LogP contribution in [0.15, 0.2) is 5.38 Å². The fraction of sp³-hybridized carbons (Fsp3) is 0.545. The van der Waals surface area contributed by atoms with Crippen LogP contribution in [0.2, 0.25) is 0 Å². The van der Waals surface area contributed by atoms with Gasteiger partial charge in [-0.1, -0.05) is 0 Å². The summed E-state index contributed by atoms with van der Waals surface area (Å²) in [4.78, 5) is 29.5. The third-order valence-electron chi connectivity index (χ3n) is 2.93. The number of aromatic nitrogens is 1. The molecule has 0 spiro atoms. The lowest BCUT2D eigenvalue weighted by Gasteiger charge is -2.21. The molecule has 0 radical (unpaired) electrons. The molecule has 1 aromatic rings. The van der Waals surface area contributed by atoms with Crippen LogP contribution in [-0.4, -0.2) is 41.5 Å². The molecule has 1 atom stereocenters. The van der Waals surface area contributed by atoms with Gasteiger partial charge in [-0.15, -0.1) is 11.3 Å². The van der Waals surface area contributed by atoms with Crippen LogP contribution < -0.4 is 5.73 Å². The van der Waals surface area contributed by atoms with Crippen molar-refractivity contribution < 1.29 is 14.3 Å². The van der Waals surface area contributed by atoms with Gasteiger partial charge in [-0.05, 0) is 12.8 Å². The van der Waals surface area contributed by atoms with Gasteiger partial charge in [0.2, 0.25) is 0 Å². The van der Waals surface area contributed by atoms with E-state index in [4.69, 9.17) is 10.5 Å². The first-order valence-electron chi connectivity index (χ1n) is 5.70. The van der Waals surface area contributed by atoms with E-state index in [1.165, 1.54) is 23.3 Å². The fourth-order valence-corrected chi connectivity index (χ4v) is 2.69. The SMILES string of the molecule is COC(=O)C1CCCN1C(=O)c1csc(CN)n1. The van der Waals surface area contributed by atoms with Gasteiger partial charge in [0.15, 0.2) is 0 Å². The van der Waals surface area contributed by atoms with E-state index in [0.717, 1.165) is 6.42 Å². The Kier molecular flexibility index (Phi) is 3.93. The van der Waals surface area contributed by atoms with Crippen LogP contribution in [0.25, 0.3) is 0 Å². The molecule has 1 unspecified atom stereocenters. The van der Waals surface area contributed by atoms with E-state index in [2.05, 4.69) is 4.98 Å². The number of amides is 1. The number of ether oxygens (including phenoxy) is 1. The van der Waals surface area contributed by atoms with Crippen LogP contribution in [0.4, 0.5) is 0 Å². The summed E-state index contributed by atoms with van der Waals surface area (Å²) in [5, 5.41) is 2.39. The molecule has 1 saturated heterocycles. The zero-order valence-corrected chi connectivity index (χ0v) is 10.9. The van der Waals surface area contributed by atoms with Gasteiger partial charge in [0.25, 0.3) is 5.91 Å². The first-order valence-corrected chi connectivity index (χ1v) is 6.58. The predicted octanol–water partition coefficient (Wildman–Crippen LogP) is 0.379. The maximum Gasteiger partial charge on any atom is 0.328 e. The minimum atomic E-state index is -0.481. The minimum absolute atomic E-state index is 0.223. The summed E-state index contributed by atoms with van der Waals surface area (Å²) < 4.78 is 4.71. The highest BCUT2D eigenvalue weighted by molar-refractivity contribution is 7.09. The number of nitrogens with zero attached hydrogens (tertiary/aromatic N) is 2. The molecule has 0 aliphatic carbocycles. The van der Waals surface area contributed by atoms with Gasteiger partial charge < -0.3 is 15.4 Å². The quantitative estimate of drug-likeness (QED) is 0.802. The summed E-state index contributed by atoms with van der Waals surface area (Å²) in [5.41, 5.74) is 5.82. The molecule has 2 N–H and O–H groups in total. The van der Waals surface area contributed by atoms with Gasteiger partial charge in [0.1, 0.15) is 16.7 Å². The third-order valence-corrected chi connectivity index (χ3v) is 3.80. The molecule has 0 bridgehead atoms. The number of thiazole rings is 1. The molecular weight excluding hydrogens is 254 g/mol. The molecule has 2 heterocycles. The number of carbonyl (C=O) groups excluding carboxylic acids is 2. The molecule has 1 fully saturated rings. The predicted molar refractivity (Wildman–Crippen MR) is 66.1 cm³/mol. The Labute approximate surface area is 109 Å². The number of carbonyl (C=O) groups is 2. The fourth-order valence-electron chi connectivity index (χ4n) is 2.04. The third kappa shape index (κ3) is 2.37. The maximum absolute atomic E-state index is 12.2. The number of hydrogen-bond acceptors (Lipinski definition) is 6. The molecule has 2 rings (SSSR count). The second kappa shape index (κ2) is 5.45. The normalized spacial score (nSPS) is 19.0. The van der Waals surface area contributed by atoms with Gasteiger partial charge in [-0.3, -0.25) is 4.79 Å². The summed E-state index contributed by atoms with van der Waals surface area (Å²) in [6, 6.07) is -0.481. The molecule has 98 valence electrons. The van der Waals surface area contributed by atoms with E-state index in [9.17, 15) is 9.59 Å². The van der Waals surface area contributed by atoms with Crippen molar-refractivity contribution >= 4 is 23.2 Å². The van der Waals surface area contributed by atoms with Crippen molar-refractivity contribution in [1.82, 2.24) is 9.88 Å². The summed E-state index contributed by atoms with van der Waals surface area (Å²) in [6.45, 7) is 0.881. The van der Waals surface area contributed by atoms with E-state index in [-0.39, 0.29) is 11.9 Å².